The van der Waals surface area contributed by atoms with Gasteiger partial charge in [-0.15, -0.1) is 0 Å². The summed E-state index contributed by atoms with van der Waals surface area (Å²) in [7, 11) is 0. The summed E-state index contributed by atoms with van der Waals surface area (Å²) in [6.45, 7) is 7.12. The van der Waals surface area contributed by atoms with Crippen molar-refractivity contribution in [3.8, 4) is 0 Å². The molecule has 3 aromatic rings. The Morgan fingerprint density at radius 1 is 0.920 bits per heavy atom. The van der Waals surface area contributed by atoms with E-state index in [-0.39, 0.29) is 0 Å². The Balaban J connectivity index is 1.88. The zero-order valence-corrected chi connectivity index (χ0v) is 15.0. The van der Waals surface area contributed by atoms with Gasteiger partial charge < -0.3 is 10.2 Å². The number of hydrogen-bond acceptors (Lipinski definition) is 4. The standard InChI is InChI=1S/C21H24N4/c1-16(2)25(15-18-10-6-4-7-11-18)21-22-17(3)14-20(24-21)23-19-12-8-5-9-13-19/h4-14,16H,15H2,1-3H3,(H,22,23,24). The number of nitrogens with zero attached hydrogens (tertiary/aromatic N) is 3. The highest BCUT2D eigenvalue weighted by atomic mass is 15.3. The predicted molar refractivity (Wildman–Crippen MR) is 104 cm³/mol. The molecule has 1 heterocycles. The van der Waals surface area contributed by atoms with Crippen LogP contribution >= 0.6 is 0 Å². The minimum atomic E-state index is 0.298. The van der Waals surface area contributed by atoms with Crippen molar-refractivity contribution in [3.63, 3.8) is 0 Å². The van der Waals surface area contributed by atoms with Crippen molar-refractivity contribution in [2.75, 3.05) is 10.2 Å². The lowest BCUT2D eigenvalue weighted by atomic mass is 10.2. The lowest BCUT2D eigenvalue weighted by Gasteiger charge is -2.27. The predicted octanol–water partition coefficient (Wildman–Crippen LogP) is 4.94. The van der Waals surface area contributed by atoms with E-state index in [0.717, 1.165) is 29.7 Å². The summed E-state index contributed by atoms with van der Waals surface area (Å²) < 4.78 is 0. The molecule has 128 valence electrons. The van der Waals surface area contributed by atoms with Gasteiger partial charge in [0.25, 0.3) is 0 Å². The zero-order valence-electron chi connectivity index (χ0n) is 15.0. The summed E-state index contributed by atoms with van der Waals surface area (Å²) >= 11 is 0. The van der Waals surface area contributed by atoms with E-state index < -0.39 is 0 Å². The van der Waals surface area contributed by atoms with Crippen LogP contribution in [0.15, 0.2) is 66.7 Å². The van der Waals surface area contributed by atoms with E-state index in [0.29, 0.717) is 6.04 Å². The quantitative estimate of drug-likeness (QED) is 0.694. The van der Waals surface area contributed by atoms with Gasteiger partial charge in [-0.05, 0) is 38.5 Å². The third-order valence-corrected chi connectivity index (χ3v) is 3.96. The fraction of sp³-hybridized carbons (Fsp3) is 0.238. The van der Waals surface area contributed by atoms with Crippen LogP contribution in [0.2, 0.25) is 0 Å². The van der Waals surface area contributed by atoms with Crippen molar-refractivity contribution in [2.45, 2.75) is 33.4 Å². The molecule has 1 aromatic heterocycles. The SMILES string of the molecule is Cc1cc(Nc2ccccc2)nc(N(Cc2ccccc2)C(C)C)n1. The smallest absolute Gasteiger partial charge is 0.228 e. The van der Waals surface area contributed by atoms with E-state index in [2.05, 4.69) is 53.3 Å². The summed E-state index contributed by atoms with van der Waals surface area (Å²) in [6, 6.07) is 22.8. The van der Waals surface area contributed by atoms with E-state index in [1.807, 2.05) is 49.4 Å². The fourth-order valence-corrected chi connectivity index (χ4v) is 2.68. The average molecular weight is 332 g/mol. The third kappa shape index (κ3) is 4.57. The van der Waals surface area contributed by atoms with Crippen molar-refractivity contribution < 1.29 is 0 Å². The Morgan fingerprint density at radius 3 is 2.20 bits per heavy atom. The molecule has 25 heavy (non-hydrogen) atoms. The van der Waals surface area contributed by atoms with Gasteiger partial charge in [0.2, 0.25) is 5.95 Å². The minimum Gasteiger partial charge on any atom is -0.340 e. The first-order valence-corrected chi connectivity index (χ1v) is 8.60. The van der Waals surface area contributed by atoms with Crippen molar-refractivity contribution in [2.24, 2.45) is 0 Å². The number of anilines is 3. The maximum atomic E-state index is 4.75. The molecule has 0 bridgehead atoms. The Labute approximate surface area is 149 Å². The Bertz CT molecular complexity index is 801. The molecule has 2 aromatic carbocycles. The molecule has 0 spiro atoms. The number of para-hydroxylation sites is 1. The summed E-state index contributed by atoms with van der Waals surface area (Å²) in [5.41, 5.74) is 3.21. The molecule has 0 aliphatic heterocycles. The van der Waals surface area contributed by atoms with E-state index >= 15 is 0 Å². The van der Waals surface area contributed by atoms with E-state index in [4.69, 9.17) is 4.98 Å². The van der Waals surface area contributed by atoms with Crippen LogP contribution in [0.3, 0.4) is 0 Å². The summed E-state index contributed by atoms with van der Waals surface area (Å²) in [6.07, 6.45) is 0. The zero-order chi connectivity index (χ0) is 17.6. The van der Waals surface area contributed by atoms with Gasteiger partial charge in [-0.3, -0.25) is 0 Å². The van der Waals surface area contributed by atoms with Gasteiger partial charge in [0.15, 0.2) is 0 Å². The van der Waals surface area contributed by atoms with Gasteiger partial charge in [0.05, 0.1) is 0 Å². The van der Waals surface area contributed by atoms with E-state index in [1.54, 1.807) is 0 Å². The van der Waals surface area contributed by atoms with Gasteiger partial charge in [-0.25, -0.2) is 4.98 Å². The summed E-state index contributed by atoms with van der Waals surface area (Å²) in [4.78, 5) is 11.6. The molecule has 0 unspecified atom stereocenters. The number of nitrogens with one attached hydrogen (secondary N) is 1. The van der Waals surface area contributed by atoms with Crippen molar-refractivity contribution in [1.29, 1.82) is 0 Å². The lowest BCUT2D eigenvalue weighted by Crippen LogP contribution is -2.32. The summed E-state index contributed by atoms with van der Waals surface area (Å²) in [5.74, 6) is 1.56. The molecule has 1 N–H and O–H groups in total. The summed E-state index contributed by atoms with van der Waals surface area (Å²) in [5, 5.41) is 3.37. The molecule has 0 atom stereocenters. The highest BCUT2D eigenvalue weighted by molar-refractivity contribution is 5.57. The molecule has 0 aliphatic carbocycles. The molecule has 0 aliphatic rings. The molecule has 0 saturated carbocycles. The number of rotatable bonds is 6. The van der Waals surface area contributed by atoms with Crippen LogP contribution in [0, 0.1) is 6.92 Å². The van der Waals surface area contributed by atoms with Crippen LogP contribution in [0.1, 0.15) is 25.1 Å². The molecule has 3 rings (SSSR count). The number of aromatic nitrogens is 2. The van der Waals surface area contributed by atoms with Crippen LogP contribution in [-0.2, 0) is 6.54 Å². The first-order chi connectivity index (χ1) is 12.1. The molecule has 0 fully saturated rings. The lowest BCUT2D eigenvalue weighted by molar-refractivity contribution is 0.659. The van der Waals surface area contributed by atoms with Crippen LogP contribution in [0.4, 0.5) is 17.5 Å². The highest BCUT2D eigenvalue weighted by Gasteiger charge is 2.15. The maximum absolute atomic E-state index is 4.75. The Morgan fingerprint density at radius 2 is 1.56 bits per heavy atom. The minimum absolute atomic E-state index is 0.298. The Hall–Kier alpha value is -2.88. The Kier molecular flexibility index (Phi) is 5.29. The third-order valence-electron chi connectivity index (χ3n) is 3.96. The molecule has 0 saturated heterocycles. The van der Waals surface area contributed by atoms with Gasteiger partial charge in [-0.1, -0.05) is 48.5 Å². The number of benzene rings is 2. The second-order valence-corrected chi connectivity index (χ2v) is 6.39. The van der Waals surface area contributed by atoms with Gasteiger partial charge in [0.1, 0.15) is 5.82 Å². The monoisotopic (exact) mass is 332 g/mol. The molecular formula is C21H24N4. The van der Waals surface area contributed by atoms with Crippen molar-refractivity contribution >= 4 is 17.5 Å². The number of aryl methyl sites for hydroxylation is 1. The molecular weight excluding hydrogens is 308 g/mol. The largest absolute Gasteiger partial charge is 0.340 e. The van der Waals surface area contributed by atoms with Crippen LogP contribution in [-0.4, -0.2) is 16.0 Å². The van der Waals surface area contributed by atoms with Crippen LogP contribution < -0.4 is 10.2 Å². The fourth-order valence-electron chi connectivity index (χ4n) is 2.68. The highest BCUT2D eigenvalue weighted by Crippen LogP contribution is 2.21. The second kappa shape index (κ2) is 7.79. The number of hydrogen-bond donors (Lipinski definition) is 1. The molecule has 4 heteroatoms. The molecule has 0 amide bonds. The van der Waals surface area contributed by atoms with Gasteiger partial charge >= 0.3 is 0 Å². The van der Waals surface area contributed by atoms with Crippen LogP contribution in [0.5, 0.6) is 0 Å². The van der Waals surface area contributed by atoms with Gasteiger partial charge in [0, 0.05) is 30.0 Å². The first kappa shape index (κ1) is 17.0. The van der Waals surface area contributed by atoms with E-state index in [9.17, 15) is 0 Å². The maximum Gasteiger partial charge on any atom is 0.228 e. The molecule has 4 nitrogen and oxygen atoms in total. The second-order valence-electron chi connectivity index (χ2n) is 6.39. The van der Waals surface area contributed by atoms with Gasteiger partial charge in [-0.2, -0.15) is 4.98 Å². The first-order valence-electron chi connectivity index (χ1n) is 8.60. The van der Waals surface area contributed by atoms with Crippen molar-refractivity contribution in [3.05, 3.63) is 78.0 Å². The van der Waals surface area contributed by atoms with Crippen LogP contribution in [0.25, 0.3) is 0 Å². The van der Waals surface area contributed by atoms with E-state index in [1.165, 1.54) is 5.56 Å². The normalized spacial score (nSPS) is 10.7. The van der Waals surface area contributed by atoms with Crippen molar-refractivity contribution in [1.82, 2.24) is 9.97 Å². The molecule has 0 radical (unpaired) electrons. The topological polar surface area (TPSA) is 41.1 Å². The average Bonchev–Trinajstić information content (AvgIpc) is 2.60.